The molecule has 0 N–H and O–H groups in total. The van der Waals surface area contributed by atoms with E-state index in [1.54, 1.807) is 6.26 Å². The lowest BCUT2D eigenvalue weighted by Crippen LogP contribution is -2.09. The van der Waals surface area contributed by atoms with Crippen molar-refractivity contribution in [2.75, 3.05) is 6.26 Å². The van der Waals surface area contributed by atoms with E-state index in [-0.39, 0.29) is 11.0 Å². The van der Waals surface area contributed by atoms with Gasteiger partial charge in [-0.1, -0.05) is 0 Å². The monoisotopic (exact) mass is 190 g/mol. The second kappa shape index (κ2) is 4.38. The van der Waals surface area contributed by atoms with Crippen LogP contribution in [0.4, 0.5) is 13.2 Å². The van der Waals surface area contributed by atoms with Gasteiger partial charge in [-0.25, -0.2) is 0 Å². The van der Waals surface area contributed by atoms with Crippen LogP contribution in [0.3, 0.4) is 0 Å². The van der Waals surface area contributed by atoms with E-state index in [0.29, 0.717) is 0 Å². The fraction of sp³-hybridized carbons (Fsp3) is 1.00. The van der Waals surface area contributed by atoms with Crippen LogP contribution in [0.2, 0.25) is 0 Å². The Labute approximate surface area is 68.0 Å². The average molecular weight is 190 g/mol. The van der Waals surface area contributed by atoms with Crippen molar-refractivity contribution < 1.29 is 13.2 Å². The summed E-state index contributed by atoms with van der Waals surface area (Å²) in [6, 6.07) is 0. The molecule has 0 aliphatic rings. The first-order valence-electron chi connectivity index (χ1n) is 2.73. The topological polar surface area (TPSA) is 0 Å². The number of thioether (sulfide) groups is 1. The molecule has 10 heavy (non-hydrogen) atoms. The summed E-state index contributed by atoms with van der Waals surface area (Å²) in [5, 5.41) is 0. The highest BCUT2D eigenvalue weighted by Crippen LogP contribution is 2.26. The molecule has 0 rings (SSSR count). The molecule has 62 valence electrons. The minimum Gasteiger partial charge on any atom is -0.171 e. The number of rotatable bonds is 3. The third kappa shape index (κ3) is 6.61. The lowest BCUT2D eigenvalue weighted by Gasteiger charge is -2.08. The van der Waals surface area contributed by atoms with E-state index in [4.69, 9.17) is 0 Å². The first-order chi connectivity index (χ1) is 4.45. The molecule has 0 radical (unpaired) electrons. The normalized spacial score (nSPS) is 15.3. The minimum atomic E-state index is -4.03. The first kappa shape index (κ1) is 10.5. The summed E-state index contributed by atoms with van der Waals surface area (Å²) in [6.07, 6.45) is -2.93. The van der Waals surface area contributed by atoms with Gasteiger partial charge in [0.05, 0.1) is 0 Å². The third-order valence-corrected chi connectivity index (χ3v) is 2.62. The second-order valence-electron chi connectivity index (χ2n) is 1.84. The molecule has 0 fully saturated rings. The number of hydrogen-bond donors (Lipinski definition) is 1. The van der Waals surface area contributed by atoms with Crippen LogP contribution in [0.5, 0.6) is 0 Å². The molecule has 0 aromatic rings. The fourth-order valence-corrected chi connectivity index (χ4v) is 0.888. The zero-order valence-corrected chi connectivity index (χ0v) is 7.19. The molecule has 1 atom stereocenters. The average Bonchev–Trinajstić information content (AvgIpc) is 1.81. The SMILES string of the molecule is CSC(S)CCC(F)(F)F. The molecule has 0 aromatic heterocycles. The van der Waals surface area contributed by atoms with Gasteiger partial charge in [0.2, 0.25) is 0 Å². The maximum atomic E-state index is 11.5. The molecule has 0 amide bonds. The molecule has 0 aromatic carbocycles. The van der Waals surface area contributed by atoms with E-state index in [1.807, 2.05) is 0 Å². The van der Waals surface area contributed by atoms with E-state index >= 15 is 0 Å². The summed E-state index contributed by atoms with van der Waals surface area (Å²) >= 11 is 5.23. The van der Waals surface area contributed by atoms with Crippen LogP contribution in [-0.2, 0) is 0 Å². The van der Waals surface area contributed by atoms with E-state index in [2.05, 4.69) is 12.6 Å². The zero-order valence-electron chi connectivity index (χ0n) is 5.48. The summed E-state index contributed by atoms with van der Waals surface area (Å²) in [5.41, 5.74) is 0. The minimum absolute atomic E-state index is 0.0910. The predicted octanol–water partition coefficient (Wildman–Crippen LogP) is 2.95. The highest BCUT2D eigenvalue weighted by Gasteiger charge is 2.27. The maximum absolute atomic E-state index is 11.5. The van der Waals surface area contributed by atoms with E-state index in [9.17, 15) is 13.2 Å². The summed E-state index contributed by atoms with van der Waals surface area (Å²) in [7, 11) is 0. The van der Waals surface area contributed by atoms with Gasteiger partial charge in [0.25, 0.3) is 0 Å². The number of thiol groups is 1. The Kier molecular flexibility index (Phi) is 4.60. The molecule has 0 aliphatic carbocycles. The van der Waals surface area contributed by atoms with Crippen LogP contribution >= 0.6 is 24.4 Å². The van der Waals surface area contributed by atoms with Gasteiger partial charge in [-0.2, -0.15) is 37.6 Å². The van der Waals surface area contributed by atoms with Crippen LogP contribution < -0.4 is 0 Å². The zero-order chi connectivity index (χ0) is 8.20. The Hall–Kier alpha value is 0.490. The van der Waals surface area contributed by atoms with E-state index < -0.39 is 12.6 Å². The Balaban J connectivity index is 3.36. The molecular weight excluding hydrogens is 181 g/mol. The van der Waals surface area contributed by atoms with Crippen molar-refractivity contribution in [1.29, 1.82) is 0 Å². The molecule has 1 unspecified atom stereocenters. The van der Waals surface area contributed by atoms with Gasteiger partial charge in [0, 0.05) is 11.0 Å². The van der Waals surface area contributed by atoms with Gasteiger partial charge >= 0.3 is 6.18 Å². The number of alkyl halides is 3. The van der Waals surface area contributed by atoms with Crippen molar-refractivity contribution in [2.24, 2.45) is 0 Å². The van der Waals surface area contributed by atoms with Gasteiger partial charge in [0.15, 0.2) is 0 Å². The first-order valence-corrected chi connectivity index (χ1v) is 4.54. The van der Waals surface area contributed by atoms with Crippen LogP contribution in [0, 0.1) is 0 Å². The molecule has 0 bridgehead atoms. The van der Waals surface area contributed by atoms with Crippen molar-refractivity contribution >= 4 is 24.4 Å². The smallest absolute Gasteiger partial charge is 0.171 e. The maximum Gasteiger partial charge on any atom is 0.389 e. The van der Waals surface area contributed by atoms with Crippen molar-refractivity contribution in [3.63, 3.8) is 0 Å². The molecule has 0 saturated heterocycles. The summed E-state index contributed by atoms with van der Waals surface area (Å²) in [6.45, 7) is 0. The van der Waals surface area contributed by atoms with Gasteiger partial charge in [-0.15, -0.1) is 0 Å². The van der Waals surface area contributed by atoms with E-state index in [1.165, 1.54) is 11.8 Å². The number of halogens is 3. The molecule has 0 spiro atoms. The summed E-state index contributed by atoms with van der Waals surface area (Å²) in [4.78, 5) is 0. The highest BCUT2D eigenvalue weighted by molar-refractivity contribution is 8.09. The number of hydrogen-bond acceptors (Lipinski definition) is 2. The summed E-state index contributed by atoms with van der Waals surface area (Å²) < 4.78 is 34.3. The summed E-state index contributed by atoms with van der Waals surface area (Å²) in [5.74, 6) is 0. The van der Waals surface area contributed by atoms with Crippen LogP contribution in [0.1, 0.15) is 12.8 Å². The molecule has 5 heteroatoms. The van der Waals surface area contributed by atoms with Gasteiger partial charge in [-0.3, -0.25) is 0 Å². The molecule has 0 saturated carbocycles. The quantitative estimate of drug-likeness (QED) is 0.527. The van der Waals surface area contributed by atoms with Gasteiger partial charge < -0.3 is 0 Å². The standard InChI is InChI=1S/C5H9F3S2/c1-10-4(9)2-3-5(6,7)8/h4,9H,2-3H2,1H3. The lowest BCUT2D eigenvalue weighted by atomic mass is 10.3. The van der Waals surface area contributed by atoms with E-state index in [0.717, 1.165) is 0 Å². The van der Waals surface area contributed by atoms with Crippen molar-refractivity contribution in [1.82, 2.24) is 0 Å². The largest absolute Gasteiger partial charge is 0.389 e. The van der Waals surface area contributed by atoms with Crippen molar-refractivity contribution in [3.05, 3.63) is 0 Å². The fourth-order valence-electron chi connectivity index (χ4n) is 0.405. The Bertz CT molecular complexity index is 91.4. The molecule has 0 heterocycles. The molecular formula is C5H9F3S2. The second-order valence-corrected chi connectivity index (χ2v) is 3.86. The Morgan fingerprint density at radius 3 is 2.30 bits per heavy atom. The van der Waals surface area contributed by atoms with Gasteiger partial charge in [-0.05, 0) is 12.7 Å². The van der Waals surface area contributed by atoms with Crippen LogP contribution in [-0.4, -0.2) is 17.0 Å². The van der Waals surface area contributed by atoms with Crippen LogP contribution in [0.15, 0.2) is 0 Å². The lowest BCUT2D eigenvalue weighted by molar-refractivity contribution is -0.134. The molecule has 0 nitrogen and oxygen atoms in total. The van der Waals surface area contributed by atoms with Crippen molar-refractivity contribution in [3.8, 4) is 0 Å². The molecule has 0 aliphatic heterocycles. The predicted molar refractivity (Wildman–Crippen MR) is 41.6 cm³/mol. The van der Waals surface area contributed by atoms with Gasteiger partial charge in [0.1, 0.15) is 0 Å². The third-order valence-electron chi connectivity index (χ3n) is 0.947. The van der Waals surface area contributed by atoms with Crippen LogP contribution in [0.25, 0.3) is 0 Å². The highest BCUT2D eigenvalue weighted by atomic mass is 32.2. The Morgan fingerprint density at radius 1 is 1.50 bits per heavy atom. The Morgan fingerprint density at radius 2 is 2.00 bits per heavy atom. The van der Waals surface area contributed by atoms with Crippen molar-refractivity contribution in [2.45, 2.75) is 23.6 Å².